The molecule has 9 heteroatoms. The van der Waals surface area contributed by atoms with Crippen molar-refractivity contribution >= 4 is 31.6 Å². The highest BCUT2D eigenvalue weighted by Gasteiger charge is 2.46. The summed E-state index contributed by atoms with van der Waals surface area (Å²) >= 11 is 5.89. The lowest BCUT2D eigenvalue weighted by atomic mass is 9.99. The van der Waals surface area contributed by atoms with Crippen LogP contribution >= 0.6 is 11.6 Å². The van der Waals surface area contributed by atoms with E-state index >= 15 is 0 Å². The van der Waals surface area contributed by atoms with Gasteiger partial charge in [-0.15, -0.1) is 0 Å². The SMILES string of the molecule is CC(C)C(C)(C)[Si](C)(C)O[C@@H]1CN[C@H](C(=O)c2nc(C(=O)NCCc3ccc(Cl)cc3)co2)C1. The quantitative estimate of drug-likeness (QED) is 0.353. The van der Waals surface area contributed by atoms with Crippen molar-refractivity contribution in [1.29, 1.82) is 0 Å². The highest BCUT2D eigenvalue weighted by Crippen LogP contribution is 2.45. The van der Waals surface area contributed by atoms with Crippen LogP contribution in [0.4, 0.5) is 0 Å². The van der Waals surface area contributed by atoms with Crippen molar-refractivity contribution < 1.29 is 18.4 Å². The van der Waals surface area contributed by atoms with E-state index < -0.39 is 14.4 Å². The molecule has 1 aliphatic rings. The van der Waals surface area contributed by atoms with E-state index in [0.717, 1.165) is 5.56 Å². The lowest BCUT2D eigenvalue weighted by Crippen LogP contribution is -2.48. The number of aromatic nitrogens is 1. The predicted octanol–water partition coefficient (Wildman–Crippen LogP) is 4.87. The highest BCUT2D eigenvalue weighted by atomic mass is 35.5. The van der Waals surface area contributed by atoms with Crippen LogP contribution in [0.3, 0.4) is 0 Å². The molecule has 0 spiro atoms. The van der Waals surface area contributed by atoms with Gasteiger partial charge in [0.2, 0.25) is 5.78 Å². The van der Waals surface area contributed by atoms with Crippen LogP contribution < -0.4 is 10.6 Å². The molecule has 34 heavy (non-hydrogen) atoms. The van der Waals surface area contributed by atoms with Gasteiger partial charge in [-0.05, 0) is 54.6 Å². The van der Waals surface area contributed by atoms with Gasteiger partial charge in [0.25, 0.3) is 11.8 Å². The second kappa shape index (κ2) is 10.7. The van der Waals surface area contributed by atoms with Crippen molar-refractivity contribution in [3.8, 4) is 0 Å². The lowest BCUT2D eigenvalue weighted by Gasteiger charge is -2.44. The minimum absolute atomic E-state index is 0.0285. The Morgan fingerprint density at radius 2 is 1.97 bits per heavy atom. The average molecular weight is 506 g/mol. The fourth-order valence-electron chi connectivity index (χ4n) is 3.96. The summed E-state index contributed by atoms with van der Waals surface area (Å²) in [6, 6.07) is 7.03. The van der Waals surface area contributed by atoms with E-state index in [2.05, 4.69) is 56.4 Å². The first kappa shape index (κ1) is 26.6. The Morgan fingerprint density at radius 3 is 2.62 bits per heavy atom. The average Bonchev–Trinajstić information content (AvgIpc) is 3.44. The molecule has 2 atom stereocenters. The lowest BCUT2D eigenvalue weighted by molar-refractivity contribution is 0.0909. The van der Waals surface area contributed by atoms with Gasteiger partial charge in [-0.25, -0.2) is 4.98 Å². The number of Topliss-reactive ketones (excluding diaryl/α,β-unsaturated/α-hetero) is 1. The van der Waals surface area contributed by atoms with Crippen molar-refractivity contribution in [2.45, 2.75) is 70.8 Å². The molecule has 1 amide bonds. The van der Waals surface area contributed by atoms with E-state index in [1.54, 1.807) is 0 Å². The zero-order chi connectivity index (χ0) is 25.1. The molecule has 0 bridgehead atoms. The molecule has 0 saturated carbocycles. The van der Waals surface area contributed by atoms with Gasteiger partial charge in [0.1, 0.15) is 6.26 Å². The van der Waals surface area contributed by atoms with Gasteiger partial charge < -0.3 is 19.5 Å². The van der Waals surface area contributed by atoms with E-state index in [-0.39, 0.29) is 34.4 Å². The van der Waals surface area contributed by atoms with Gasteiger partial charge in [-0.3, -0.25) is 9.59 Å². The van der Waals surface area contributed by atoms with Gasteiger partial charge in [0.15, 0.2) is 14.0 Å². The number of hydrogen-bond acceptors (Lipinski definition) is 6. The van der Waals surface area contributed by atoms with E-state index in [4.69, 9.17) is 20.4 Å². The topological polar surface area (TPSA) is 93.5 Å². The second-order valence-electron chi connectivity index (χ2n) is 10.4. The Labute approximate surface area is 208 Å². The number of benzene rings is 1. The van der Waals surface area contributed by atoms with Gasteiger partial charge in [0, 0.05) is 18.1 Å². The van der Waals surface area contributed by atoms with Crippen LogP contribution in [0.1, 0.15) is 60.9 Å². The number of halogens is 1. The summed E-state index contributed by atoms with van der Waals surface area (Å²) in [4.78, 5) is 29.5. The molecule has 2 aromatic rings. The molecule has 1 aliphatic heterocycles. The van der Waals surface area contributed by atoms with Crippen LogP contribution in [0.25, 0.3) is 0 Å². The maximum Gasteiger partial charge on any atom is 0.273 e. The molecule has 1 fully saturated rings. The number of ketones is 1. The minimum Gasteiger partial charge on any atom is -0.441 e. The van der Waals surface area contributed by atoms with Crippen LogP contribution in [0.5, 0.6) is 0 Å². The van der Waals surface area contributed by atoms with Crippen LogP contribution in [0.15, 0.2) is 34.9 Å². The summed E-state index contributed by atoms with van der Waals surface area (Å²) in [6.45, 7) is 14.5. The second-order valence-corrected chi connectivity index (χ2v) is 15.3. The first-order chi connectivity index (χ1) is 15.9. The molecule has 0 aliphatic carbocycles. The van der Waals surface area contributed by atoms with Crippen LogP contribution in [-0.4, -0.2) is 50.2 Å². The number of carbonyl (C=O) groups excluding carboxylic acids is 2. The van der Waals surface area contributed by atoms with Crippen molar-refractivity contribution in [1.82, 2.24) is 15.6 Å². The number of nitrogens with one attached hydrogen (secondary N) is 2. The molecule has 1 aromatic heterocycles. The van der Waals surface area contributed by atoms with Crippen LogP contribution in [0.2, 0.25) is 23.2 Å². The van der Waals surface area contributed by atoms with Gasteiger partial charge in [0.05, 0.1) is 12.1 Å². The maximum atomic E-state index is 12.9. The Hall–Kier alpha value is -2.00. The molecule has 2 N–H and O–H groups in total. The molecule has 186 valence electrons. The highest BCUT2D eigenvalue weighted by molar-refractivity contribution is 6.74. The van der Waals surface area contributed by atoms with E-state index in [1.807, 2.05) is 24.3 Å². The third-order valence-electron chi connectivity index (χ3n) is 7.42. The molecule has 2 heterocycles. The fourth-order valence-corrected chi connectivity index (χ4v) is 6.79. The van der Waals surface area contributed by atoms with Crippen LogP contribution in [-0.2, 0) is 10.8 Å². The Kier molecular flexibility index (Phi) is 8.39. The molecule has 1 saturated heterocycles. The third kappa shape index (κ3) is 6.16. The zero-order valence-electron chi connectivity index (χ0n) is 20.9. The van der Waals surface area contributed by atoms with Crippen molar-refractivity contribution in [2.24, 2.45) is 5.92 Å². The largest absolute Gasteiger partial charge is 0.441 e. The summed E-state index contributed by atoms with van der Waals surface area (Å²) in [5.41, 5.74) is 1.16. The number of oxazole rings is 1. The number of nitrogens with zero attached hydrogens (tertiary/aromatic N) is 1. The monoisotopic (exact) mass is 505 g/mol. The molecule has 0 unspecified atom stereocenters. The summed E-state index contributed by atoms with van der Waals surface area (Å²) in [5.74, 6) is -0.182. The Bertz CT molecular complexity index is 1000. The molecule has 1 aromatic carbocycles. The Balaban J connectivity index is 1.52. The van der Waals surface area contributed by atoms with Crippen molar-refractivity contribution in [3.05, 3.63) is 52.7 Å². The van der Waals surface area contributed by atoms with Crippen molar-refractivity contribution in [3.63, 3.8) is 0 Å². The summed E-state index contributed by atoms with van der Waals surface area (Å²) in [5, 5.41) is 6.82. The van der Waals surface area contributed by atoms with Crippen LogP contribution in [0, 0.1) is 5.92 Å². The van der Waals surface area contributed by atoms with Gasteiger partial charge in [-0.1, -0.05) is 51.4 Å². The first-order valence-corrected chi connectivity index (χ1v) is 15.1. The number of hydrogen-bond donors (Lipinski definition) is 2. The maximum absolute atomic E-state index is 12.9. The molecular weight excluding hydrogens is 470 g/mol. The smallest absolute Gasteiger partial charge is 0.273 e. The number of amides is 1. The van der Waals surface area contributed by atoms with E-state index in [9.17, 15) is 9.59 Å². The van der Waals surface area contributed by atoms with Crippen molar-refractivity contribution in [2.75, 3.05) is 13.1 Å². The first-order valence-electron chi connectivity index (χ1n) is 11.8. The number of carbonyl (C=O) groups is 2. The fraction of sp³-hybridized carbons (Fsp3) is 0.560. The van der Waals surface area contributed by atoms with E-state index in [1.165, 1.54) is 6.26 Å². The molecule has 0 radical (unpaired) electrons. The standard InChI is InChI=1S/C25H36ClN3O4Si/c1-16(2)25(3,4)34(5,6)33-19-13-20(28-14-19)22(30)24-29-21(15-32-24)23(31)27-12-11-17-7-9-18(26)10-8-17/h7-10,15-16,19-20,28H,11-14H2,1-6H3,(H,27,31)/t19-,20-/m0/s1. The minimum atomic E-state index is -2.00. The number of rotatable bonds is 10. The zero-order valence-corrected chi connectivity index (χ0v) is 22.7. The summed E-state index contributed by atoms with van der Waals surface area (Å²) in [7, 11) is -2.00. The molecule has 7 nitrogen and oxygen atoms in total. The summed E-state index contributed by atoms with van der Waals surface area (Å²) in [6.07, 6.45) is 2.43. The Morgan fingerprint density at radius 1 is 1.29 bits per heavy atom. The molecule has 3 rings (SSSR count). The normalized spacial score (nSPS) is 18.9. The predicted molar refractivity (Wildman–Crippen MR) is 136 cm³/mol. The van der Waals surface area contributed by atoms with Gasteiger partial charge >= 0.3 is 0 Å². The third-order valence-corrected chi connectivity index (χ3v) is 12.3. The van der Waals surface area contributed by atoms with E-state index in [0.29, 0.717) is 36.9 Å². The molecular formula is C25H36ClN3O4Si. The summed E-state index contributed by atoms with van der Waals surface area (Å²) < 4.78 is 11.9. The van der Waals surface area contributed by atoms with Gasteiger partial charge in [-0.2, -0.15) is 0 Å².